The highest BCUT2D eigenvalue weighted by atomic mass is 19.2. The monoisotopic (exact) mass is 666 g/mol. The van der Waals surface area contributed by atoms with E-state index in [9.17, 15) is 23.6 Å². The standard InChI is InChI=1S/C36H34F2N7O4/c1-23(2)34-33-25(6-12-32(42-33)41-26-7-9-27(10-8-26)43-14-16-49-17-15-43)19-28(45(34)48)4-3-13-40-35(46)29-20-39-22-44(36(29)47)21-24-5-11-30(37)31(38)18-24/h5-12,18-20,22-23,34H,13-17,21H2,1-2H3,(H,40,46)(H,41,42)/q-1. The summed E-state index contributed by atoms with van der Waals surface area (Å²) in [5.74, 6) is 3.41. The number of carbonyl (C=O) groups is 1. The molecule has 0 radical (unpaired) electrons. The Morgan fingerprint density at radius 1 is 1.08 bits per heavy atom. The molecule has 4 heterocycles. The first-order valence-corrected chi connectivity index (χ1v) is 15.8. The number of hydrogen-bond acceptors (Lipinski definition) is 9. The Bertz CT molecular complexity index is 2000. The quantitative estimate of drug-likeness (QED) is 0.254. The summed E-state index contributed by atoms with van der Waals surface area (Å²) in [7, 11) is 0. The third kappa shape index (κ3) is 7.61. The molecule has 1 unspecified atom stereocenters. The van der Waals surface area contributed by atoms with Gasteiger partial charge in [0, 0.05) is 36.2 Å². The smallest absolute Gasteiger partial charge is 0.266 e. The van der Waals surface area contributed by atoms with Gasteiger partial charge in [-0.25, -0.2) is 18.7 Å². The number of carbonyl (C=O) groups excluding carboxylic acids is 1. The van der Waals surface area contributed by atoms with Gasteiger partial charge in [0.2, 0.25) is 0 Å². The number of allylic oxidation sites excluding steroid dienone is 1. The summed E-state index contributed by atoms with van der Waals surface area (Å²) in [4.78, 5) is 36.7. The molecule has 6 rings (SSSR count). The van der Waals surface area contributed by atoms with E-state index in [0.29, 0.717) is 30.3 Å². The number of amides is 1. The zero-order valence-corrected chi connectivity index (χ0v) is 27.0. The SMILES string of the molecule is CC(C)C1c2nc(Nc3ccc(N4CCOCC4)cc3)ccc2C=C(C#CCNC(=O)c2cncn(Cc3ccc(F)c(F)c3)c2=O)N1[O-]. The number of hydrogen-bond donors (Lipinski definition) is 2. The minimum absolute atomic E-state index is 0.0869. The maximum atomic E-state index is 13.6. The van der Waals surface area contributed by atoms with Crippen molar-refractivity contribution in [2.45, 2.75) is 26.4 Å². The predicted molar refractivity (Wildman–Crippen MR) is 182 cm³/mol. The van der Waals surface area contributed by atoms with E-state index in [0.717, 1.165) is 58.0 Å². The van der Waals surface area contributed by atoms with Gasteiger partial charge in [-0.15, -0.1) is 0 Å². The fraction of sp³-hybridized carbons (Fsp3) is 0.278. The molecule has 11 nitrogen and oxygen atoms in total. The Morgan fingerprint density at radius 3 is 2.59 bits per heavy atom. The van der Waals surface area contributed by atoms with E-state index in [1.54, 1.807) is 6.08 Å². The van der Waals surface area contributed by atoms with Gasteiger partial charge in [0.15, 0.2) is 11.6 Å². The molecule has 1 atom stereocenters. The minimum Gasteiger partial charge on any atom is -0.757 e. The van der Waals surface area contributed by atoms with Gasteiger partial charge in [0.1, 0.15) is 11.4 Å². The Balaban J connectivity index is 1.12. The lowest BCUT2D eigenvalue weighted by atomic mass is 9.92. The number of aromatic nitrogens is 3. The van der Waals surface area contributed by atoms with Crippen LogP contribution in [0.15, 0.2) is 77.6 Å². The third-order valence-corrected chi connectivity index (χ3v) is 8.20. The van der Waals surface area contributed by atoms with E-state index in [-0.39, 0.29) is 30.3 Å². The van der Waals surface area contributed by atoms with Gasteiger partial charge in [0.25, 0.3) is 11.5 Å². The molecule has 1 fully saturated rings. The number of benzene rings is 2. The molecule has 2 aliphatic rings. The van der Waals surface area contributed by atoms with Gasteiger partial charge >= 0.3 is 0 Å². The third-order valence-electron chi connectivity index (χ3n) is 8.20. The predicted octanol–water partition coefficient (Wildman–Crippen LogP) is 4.83. The number of halogens is 2. The zero-order valence-electron chi connectivity index (χ0n) is 27.0. The molecular weight excluding hydrogens is 632 g/mol. The lowest BCUT2D eigenvalue weighted by molar-refractivity contribution is 0.0956. The number of morpholine rings is 1. The molecule has 1 saturated heterocycles. The molecule has 2 aliphatic heterocycles. The van der Waals surface area contributed by atoms with E-state index >= 15 is 0 Å². The van der Waals surface area contributed by atoms with Crippen molar-refractivity contribution in [3.05, 3.63) is 122 Å². The summed E-state index contributed by atoms with van der Waals surface area (Å²) in [5.41, 5.74) is 3.05. The molecule has 2 aromatic carbocycles. The summed E-state index contributed by atoms with van der Waals surface area (Å²) in [6.07, 6.45) is 4.00. The van der Waals surface area contributed by atoms with E-state index in [1.807, 2.05) is 38.1 Å². The first-order chi connectivity index (χ1) is 23.7. The van der Waals surface area contributed by atoms with Gasteiger partial charge in [0.05, 0.1) is 50.1 Å². The molecular formula is C36H34F2N7O4-. The van der Waals surface area contributed by atoms with Crippen LogP contribution in [0.4, 0.5) is 26.0 Å². The van der Waals surface area contributed by atoms with Crippen molar-refractivity contribution in [1.29, 1.82) is 0 Å². The van der Waals surface area contributed by atoms with Crippen LogP contribution in [-0.2, 0) is 11.3 Å². The number of fused-ring (bicyclic) bond motifs is 1. The summed E-state index contributed by atoms with van der Waals surface area (Å²) in [6, 6.07) is 14.5. The van der Waals surface area contributed by atoms with Gasteiger partial charge in [-0.05, 0) is 72.0 Å². The van der Waals surface area contributed by atoms with Crippen LogP contribution in [0, 0.1) is 34.6 Å². The molecule has 252 valence electrons. The average molecular weight is 667 g/mol. The Hall–Kier alpha value is -5.58. The number of rotatable bonds is 8. The second-order valence-electron chi connectivity index (χ2n) is 12.0. The van der Waals surface area contributed by atoms with Gasteiger partial charge in [-0.1, -0.05) is 25.8 Å². The Morgan fingerprint density at radius 2 is 1.86 bits per heavy atom. The maximum absolute atomic E-state index is 13.6. The van der Waals surface area contributed by atoms with Crippen molar-refractivity contribution in [3.8, 4) is 11.8 Å². The number of ether oxygens (including phenoxy) is 1. The summed E-state index contributed by atoms with van der Waals surface area (Å²) in [5, 5.41) is 20.2. The Kier molecular flexibility index (Phi) is 9.98. The highest BCUT2D eigenvalue weighted by Gasteiger charge is 2.27. The van der Waals surface area contributed by atoms with Crippen LogP contribution in [0.5, 0.6) is 0 Å². The van der Waals surface area contributed by atoms with Crippen LogP contribution in [0.25, 0.3) is 6.08 Å². The van der Waals surface area contributed by atoms with Crippen LogP contribution < -0.4 is 21.1 Å². The first kappa shape index (κ1) is 33.3. The van der Waals surface area contributed by atoms with Crippen molar-refractivity contribution in [1.82, 2.24) is 24.9 Å². The minimum atomic E-state index is -1.04. The van der Waals surface area contributed by atoms with Crippen LogP contribution >= 0.6 is 0 Å². The van der Waals surface area contributed by atoms with Crippen molar-refractivity contribution in [3.63, 3.8) is 0 Å². The topological polar surface area (TPSA) is 128 Å². The van der Waals surface area contributed by atoms with Crippen LogP contribution in [0.1, 0.15) is 47.1 Å². The second-order valence-corrected chi connectivity index (χ2v) is 12.0. The van der Waals surface area contributed by atoms with Gasteiger partial charge in [-0.2, -0.15) is 0 Å². The molecule has 4 aromatic rings. The van der Waals surface area contributed by atoms with Crippen molar-refractivity contribution in [2.24, 2.45) is 5.92 Å². The van der Waals surface area contributed by atoms with E-state index in [2.05, 4.69) is 44.5 Å². The number of hydroxylamine groups is 2. The zero-order chi connectivity index (χ0) is 34.5. The highest BCUT2D eigenvalue weighted by molar-refractivity contribution is 5.93. The fourth-order valence-electron chi connectivity index (χ4n) is 5.70. The molecule has 1 amide bonds. The average Bonchev–Trinajstić information content (AvgIpc) is 3.10. The summed E-state index contributed by atoms with van der Waals surface area (Å²) in [6.45, 7) is 6.77. The largest absolute Gasteiger partial charge is 0.757 e. The second kappa shape index (κ2) is 14.7. The Labute approximate surface area is 281 Å². The maximum Gasteiger partial charge on any atom is 0.266 e. The molecule has 0 saturated carbocycles. The van der Waals surface area contributed by atoms with Crippen molar-refractivity contribution >= 4 is 29.2 Å². The molecule has 0 bridgehead atoms. The van der Waals surface area contributed by atoms with Crippen molar-refractivity contribution in [2.75, 3.05) is 43.1 Å². The van der Waals surface area contributed by atoms with E-state index in [1.165, 1.54) is 12.4 Å². The number of nitrogens with zero attached hydrogens (tertiary/aromatic N) is 5. The molecule has 2 N–H and O–H groups in total. The number of nitrogens with one attached hydrogen (secondary N) is 2. The molecule has 0 aliphatic carbocycles. The molecule has 2 aromatic heterocycles. The lowest BCUT2D eigenvalue weighted by Crippen LogP contribution is -2.36. The number of pyridine rings is 1. The lowest BCUT2D eigenvalue weighted by Gasteiger charge is -2.44. The van der Waals surface area contributed by atoms with E-state index in [4.69, 9.17) is 9.72 Å². The number of anilines is 3. The fourth-order valence-corrected chi connectivity index (χ4v) is 5.70. The van der Waals surface area contributed by atoms with Crippen LogP contribution in [0.3, 0.4) is 0 Å². The van der Waals surface area contributed by atoms with Gasteiger partial charge in [-0.3, -0.25) is 14.2 Å². The van der Waals surface area contributed by atoms with E-state index < -0.39 is 29.1 Å². The summed E-state index contributed by atoms with van der Waals surface area (Å²) >= 11 is 0. The van der Waals surface area contributed by atoms with Gasteiger partial charge < -0.3 is 30.5 Å². The van der Waals surface area contributed by atoms with Crippen LogP contribution in [0.2, 0.25) is 0 Å². The normalized spacial score (nSPS) is 15.6. The summed E-state index contributed by atoms with van der Waals surface area (Å²) < 4.78 is 33.5. The highest BCUT2D eigenvalue weighted by Crippen LogP contribution is 2.37. The first-order valence-electron chi connectivity index (χ1n) is 15.8. The molecule has 49 heavy (non-hydrogen) atoms. The van der Waals surface area contributed by atoms with Crippen molar-refractivity contribution < 1.29 is 18.3 Å². The molecule has 13 heteroatoms. The molecule has 0 spiro atoms. The van der Waals surface area contributed by atoms with Crippen LogP contribution in [-0.4, -0.2) is 58.4 Å².